The molecule has 0 radical (unpaired) electrons. The summed E-state index contributed by atoms with van der Waals surface area (Å²) in [5.41, 5.74) is 1.12. The summed E-state index contributed by atoms with van der Waals surface area (Å²) in [5.74, 6) is 0. The highest BCUT2D eigenvalue weighted by molar-refractivity contribution is 9.10. The van der Waals surface area contributed by atoms with Crippen molar-refractivity contribution in [1.29, 1.82) is 0 Å². The van der Waals surface area contributed by atoms with E-state index in [-0.39, 0.29) is 12.2 Å². The summed E-state index contributed by atoms with van der Waals surface area (Å²) in [6.45, 7) is 1.92. The number of benzene rings is 1. The van der Waals surface area contributed by atoms with E-state index in [0.29, 0.717) is 13.2 Å². The first kappa shape index (κ1) is 11.1. The van der Waals surface area contributed by atoms with Gasteiger partial charge >= 0.3 is 0 Å². The second-order valence-electron chi connectivity index (χ2n) is 3.70. The lowest BCUT2D eigenvalue weighted by atomic mass is 10.2. The van der Waals surface area contributed by atoms with Crippen molar-refractivity contribution >= 4 is 15.9 Å². The maximum atomic E-state index is 9.52. The predicted molar refractivity (Wildman–Crippen MR) is 61.6 cm³/mol. The normalized spacial score (nSPS) is 25.7. The maximum Gasteiger partial charge on any atom is 0.0974 e. The summed E-state index contributed by atoms with van der Waals surface area (Å²) in [6.07, 6.45) is -0.450. The van der Waals surface area contributed by atoms with E-state index < -0.39 is 0 Å². The van der Waals surface area contributed by atoms with Crippen molar-refractivity contribution in [2.75, 3.05) is 13.1 Å². The molecule has 4 heteroatoms. The molecule has 0 aromatic heterocycles. The van der Waals surface area contributed by atoms with E-state index in [9.17, 15) is 5.11 Å². The molecule has 0 amide bonds. The van der Waals surface area contributed by atoms with Crippen LogP contribution in [0.5, 0.6) is 0 Å². The van der Waals surface area contributed by atoms with Crippen molar-refractivity contribution in [1.82, 2.24) is 5.32 Å². The Hall–Kier alpha value is -0.420. The zero-order valence-corrected chi connectivity index (χ0v) is 9.90. The zero-order valence-electron chi connectivity index (χ0n) is 8.32. The number of aliphatic hydroxyl groups is 1. The molecule has 0 aliphatic carbocycles. The van der Waals surface area contributed by atoms with Crippen LogP contribution in [0.1, 0.15) is 5.56 Å². The minimum absolute atomic E-state index is 0.0753. The molecule has 0 bridgehead atoms. The molecular formula is C11H14BrNO2. The van der Waals surface area contributed by atoms with Crippen LogP contribution in [0.25, 0.3) is 0 Å². The summed E-state index contributed by atoms with van der Waals surface area (Å²) in [7, 11) is 0. The van der Waals surface area contributed by atoms with Crippen molar-refractivity contribution in [2.45, 2.75) is 18.8 Å². The van der Waals surface area contributed by atoms with E-state index in [1.54, 1.807) is 0 Å². The molecular weight excluding hydrogens is 258 g/mol. The zero-order chi connectivity index (χ0) is 10.7. The Labute approximate surface area is 97.6 Å². The van der Waals surface area contributed by atoms with Crippen molar-refractivity contribution in [3.05, 3.63) is 34.3 Å². The van der Waals surface area contributed by atoms with Gasteiger partial charge in [0.15, 0.2) is 0 Å². The van der Waals surface area contributed by atoms with Crippen LogP contribution in [0, 0.1) is 0 Å². The van der Waals surface area contributed by atoms with Crippen LogP contribution in [0.15, 0.2) is 28.7 Å². The van der Waals surface area contributed by atoms with Crippen molar-refractivity contribution < 1.29 is 9.84 Å². The van der Waals surface area contributed by atoms with Crippen molar-refractivity contribution in [3.8, 4) is 0 Å². The molecule has 1 aromatic carbocycles. The van der Waals surface area contributed by atoms with Gasteiger partial charge in [-0.25, -0.2) is 0 Å². The summed E-state index contributed by atoms with van der Waals surface area (Å²) in [4.78, 5) is 0. The fourth-order valence-electron chi connectivity index (χ4n) is 1.59. The minimum atomic E-state index is -0.375. The average Bonchev–Trinajstić information content (AvgIpc) is 2.63. The quantitative estimate of drug-likeness (QED) is 0.871. The maximum absolute atomic E-state index is 9.52. The molecule has 1 aliphatic rings. The second kappa shape index (κ2) is 5.07. The van der Waals surface area contributed by atoms with Crippen molar-refractivity contribution in [2.24, 2.45) is 0 Å². The third kappa shape index (κ3) is 3.01. The van der Waals surface area contributed by atoms with Gasteiger partial charge < -0.3 is 15.2 Å². The number of nitrogens with one attached hydrogen (secondary N) is 1. The SMILES string of the molecule is OC1CNCC1OCc1ccc(Br)cc1. The first-order valence-corrected chi connectivity index (χ1v) is 5.80. The molecule has 1 heterocycles. The second-order valence-corrected chi connectivity index (χ2v) is 4.62. The highest BCUT2D eigenvalue weighted by atomic mass is 79.9. The first-order valence-electron chi connectivity index (χ1n) is 5.00. The Morgan fingerprint density at radius 3 is 2.67 bits per heavy atom. The molecule has 15 heavy (non-hydrogen) atoms. The molecule has 2 unspecified atom stereocenters. The van der Waals surface area contributed by atoms with Crippen LogP contribution >= 0.6 is 15.9 Å². The molecule has 1 saturated heterocycles. The number of hydrogen-bond donors (Lipinski definition) is 2. The standard InChI is InChI=1S/C11H14BrNO2/c12-9-3-1-8(2-4-9)7-15-11-6-13-5-10(11)14/h1-4,10-11,13-14H,5-7H2. The average molecular weight is 272 g/mol. The molecule has 1 aliphatic heterocycles. The van der Waals surface area contributed by atoms with Gasteiger partial charge in [0.1, 0.15) is 0 Å². The lowest BCUT2D eigenvalue weighted by Crippen LogP contribution is -2.26. The van der Waals surface area contributed by atoms with Gasteiger partial charge in [0, 0.05) is 17.6 Å². The highest BCUT2D eigenvalue weighted by Gasteiger charge is 2.25. The van der Waals surface area contributed by atoms with Gasteiger partial charge in [-0.3, -0.25) is 0 Å². The van der Waals surface area contributed by atoms with Crippen LogP contribution in [0.3, 0.4) is 0 Å². The van der Waals surface area contributed by atoms with Crippen LogP contribution in [-0.2, 0) is 11.3 Å². The fraction of sp³-hybridized carbons (Fsp3) is 0.455. The molecule has 0 spiro atoms. The van der Waals surface area contributed by atoms with E-state index in [1.807, 2.05) is 24.3 Å². The Kier molecular flexibility index (Phi) is 3.75. The van der Waals surface area contributed by atoms with Gasteiger partial charge in [0.2, 0.25) is 0 Å². The molecule has 2 N–H and O–H groups in total. The number of halogens is 1. The van der Waals surface area contributed by atoms with E-state index in [2.05, 4.69) is 21.2 Å². The summed E-state index contributed by atoms with van der Waals surface area (Å²) in [6, 6.07) is 8.00. The lowest BCUT2D eigenvalue weighted by molar-refractivity contribution is -0.0169. The number of rotatable bonds is 3. The Morgan fingerprint density at radius 2 is 2.07 bits per heavy atom. The summed E-state index contributed by atoms with van der Waals surface area (Å²) < 4.78 is 6.68. The number of aliphatic hydroxyl groups excluding tert-OH is 1. The van der Waals surface area contributed by atoms with Crippen LogP contribution in [0.2, 0.25) is 0 Å². The Balaban J connectivity index is 1.85. The predicted octanol–water partition coefficient (Wildman–Crippen LogP) is 1.30. The third-order valence-electron chi connectivity index (χ3n) is 2.51. The van der Waals surface area contributed by atoms with E-state index in [0.717, 1.165) is 16.6 Å². The fourth-order valence-corrected chi connectivity index (χ4v) is 1.86. The first-order chi connectivity index (χ1) is 7.25. The molecule has 1 aromatic rings. The van der Waals surface area contributed by atoms with Crippen LogP contribution in [-0.4, -0.2) is 30.4 Å². The number of β-amino-alcohol motifs (C(OH)–C–C–N with tert-alkyl or cyclic N) is 1. The summed E-state index contributed by atoms with van der Waals surface area (Å²) >= 11 is 3.38. The van der Waals surface area contributed by atoms with Crippen molar-refractivity contribution in [3.63, 3.8) is 0 Å². The van der Waals surface area contributed by atoms with Crippen LogP contribution in [0.4, 0.5) is 0 Å². The largest absolute Gasteiger partial charge is 0.389 e. The van der Waals surface area contributed by atoms with Gasteiger partial charge in [0.05, 0.1) is 18.8 Å². The molecule has 0 saturated carbocycles. The van der Waals surface area contributed by atoms with E-state index >= 15 is 0 Å². The molecule has 2 atom stereocenters. The highest BCUT2D eigenvalue weighted by Crippen LogP contribution is 2.13. The van der Waals surface area contributed by atoms with Gasteiger partial charge in [-0.15, -0.1) is 0 Å². The number of hydrogen-bond acceptors (Lipinski definition) is 3. The molecule has 1 fully saturated rings. The van der Waals surface area contributed by atoms with E-state index in [4.69, 9.17) is 4.74 Å². The molecule has 3 nitrogen and oxygen atoms in total. The van der Waals surface area contributed by atoms with Gasteiger partial charge in [-0.05, 0) is 17.7 Å². The van der Waals surface area contributed by atoms with Gasteiger partial charge in [-0.2, -0.15) is 0 Å². The smallest absolute Gasteiger partial charge is 0.0974 e. The molecule has 82 valence electrons. The molecule has 2 rings (SSSR count). The van der Waals surface area contributed by atoms with E-state index in [1.165, 1.54) is 0 Å². The van der Waals surface area contributed by atoms with Gasteiger partial charge in [0.25, 0.3) is 0 Å². The van der Waals surface area contributed by atoms with Gasteiger partial charge in [-0.1, -0.05) is 28.1 Å². The Morgan fingerprint density at radius 1 is 1.33 bits per heavy atom. The Bertz CT molecular complexity index is 315. The van der Waals surface area contributed by atoms with Crippen LogP contribution < -0.4 is 5.32 Å². The topological polar surface area (TPSA) is 41.5 Å². The number of ether oxygens (including phenoxy) is 1. The minimum Gasteiger partial charge on any atom is -0.389 e. The third-order valence-corrected chi connectivity index (χ3v) is 3.03. The lowest BCUT2D eigenvalue weighted by Gasteiger charge is -2.14. The summed E-state index contributed by atoms with van der Waals surface area (Å²) in [5, 5.41) is 12.6. The monoisotopic (exact) mass is 271 g/mol.